The van der Waals surface area contributed by atoms with E-state index >= 15 is 0 Å². The van der Waals surface area contributed by atoms with Crippen LogP contribution in [0.4, 0.5) is 17.6 Å². The maximum Gasteiger partial charge on any atom is 0.341 e. The van der Waals surface area contributed by atoms with Gasteiger partial charge in [0.2, 0.25) is 19.7 Å². The van der Waals surface area contributed by atoms with Crippen LogP contribution in [0.15, 0.2) is 28.0 Å². The van der Waals surface area contributed by atoms with E-state index in [0.29, 0.717) is 12.1 Å². The molecule has 11 heteroatoms. The number of benzene rings is 1. The highest BCUT2D eigenvalue weighted by Crippen LogP contribution is 2.30. The van der Waals surface area contributed by atoms with E-state index in [9.17, 15) is 34.4 Å². The lowest BCUT2D eigenvalue weighted by atomic mass is 10.4. The fourth-order valence-corrected chi connectivity index (χ4v) is 3.16. The van der Waals surface area contributed by atoms with Crippen molar-refractivity contribution in [2.45, 2.75) is 21.3 Å². The molecule has 0 aromatic heterocycles. The predicted octanol–water partition coefficient (Wildman–Crippen LogP) is 2.33. The number of rotatable bonds is 4. The molecule has 1 aromatic rings. The van der Waals surface area contributed by atoms with E-state index in [4.69, 9.17) is 11.6 Å². The van der Waals surface area contributed by atoms with Crippen molar-refractivity contribution in [2.24, 2.45) is 0 Å². The molecule has 0 fully saturated rings. The third-order valence-corrected chi connectivity index (χ3v) is 5.25. The number of sulfone groups is 2. The fraction of sp³-hybridized carbons (Fsp3) is 0.250. The van der Waals surface area contributed by atoms with E-state index in [2.05, 4.69) is 0 Å². The summed E-state index contributed by atoms with van der Waals surface area (Å²) in [6.45, 7) is 0. The smallest absolute Gasteiger partial charge is 0.218 e. The molecule has 0 radical (unpaired) electrons. The maximum absolute atomic E-state index is 12.3. The fourth-order valence-electron chi connectivity index (χ4n) is 1.08. The number of halogens is 5. The quantitative estimate of drug-likeness (QED) is 0.789. The zero-order chi connectivity index (χ0) is 15.0. The van der Waals surface area contributed by atoms with Gasteiger partial charge in [-0.3, -0.25) is 0 Å². The molecule has 0 saturated heterocycles. The summed E-state index contributed by atoms with van der Waals surface area (Å²) in [6.07, 6.45) is 0. The molecule has 0 saturated carbocycles. The van der Waals surface area contributed by atoms with Crippen molar-refractivity contribution in [2.75, 3.05) is 0 Å². The average molecular weight is 341 g/mol. The highest BCUT2D eigenvalue weighted by Gasteiger charge is 2.33. The molecule has 0 N–H and O–H groups in total. The van der Waals surface area contributed by atoms with Crippen LogP contribution < -0.4 is 0 Å². The summed E-state index contributed by atoms with van der Waals surface area (Å²) in [7, 11) is -10.3. The minimum absolute atomic E-state index is 0.186. The first-order chi connectivity index (χ1) is 8.51. The van der Waals surface area contributed by atoms with Crippen molar-refractivity contribution in [3.63, 3.8) is 0 Å². The van der Waals surface area contributed by atoms with Crippen molar-refractivity contribution in [3.8, 4) is 0 Å². The molecule has 0 heterocycles. The second kappa shape index (κ2) is 5.25. The summed E-state index contributed by atoms with van der Waals surface area (Å²) in [5.41, 5.74) is 0. The van der Waals surface area contributed by atoms with Gasteiger partial charge in [-0.05, 0) is 18.2 Å². The van der Waals surface area contributed by atoms with Gasteiger partial charge in [0, 0.05) is 0 Å². The van der Waals surface area contributed by atoms with E-state index in [1.54, 1.807) is 0 Å². The Labute approximate surface area is 110 Å². The molecule has 0 aliphatic heterocycles. The topological polar surface area (TPSA) is 68.3 Å². The standard InChI is InChI=1S/C8H5ClF4O4S2/c9-5-2-1-4(18(14,15)7(10)11)3-6(5)19(16,17)8(12)13/h1-3,7-8H. The second-order valence-corrected chi connectivity index (χ2v) is 7.41. The molecule has 0 aliphatic carbocycles. The molecule has 0 unspecified atom stereocenters. The summed E-state index contributed by atoms with van der Waals surface area (Å²) in [5, 5.41) is -0.687. The summed E-state index contributed by atoms with van der Waals surface area (Å²) in [5.74, 6) is -7.66. The molecular formula is C8H5ClF4O4S2. The molecule has 0 spiro atoms. The zero-order valence-electron chi connectivity index (χ0n) is 8.73. The van der Waals surface area contributed by atoms with E-state index in [1.165, 1.54) is 0 Å². The molecule has 108 valence electrons. The largest absolute Gasteiger partial charge is 0.341 e. The highest BCUT2D eigenvalue weighted by molar-refractivity contribution is 7.92. The van der Waals surface area contributed by atoms with Crippen LogP contribution in [0.1, 0.15) is 0 Å². The van der Waals surface area contributed by atoms with Crippen molar-refractivity contribution in [3.05, 3.63) is 23.2 Å². The minimum Gasteiger partial charge on any atom is -0.218 e. The molecule has 0 atom stereocenters. The molecule has 4 nitrogen and oxygen atoms in total. The first-order valence-electron chi connectivity index (χ1n) is 4.35. The van der Waals surface area contributed by atoms with Gasteiger partial charge >= 0.3 is 11.5 Å². The van der Waals surface area contributed by atoms with Crippen molar-refractivity contribution >= 4 is 31.3 Å². The predicted molar refractivity (Wildman–Crippen MR) is 57.8 cm³/mol. The van der Waals surface area contributed by atoms with Gasteiger partial charge in [0.15, 0.2) is 0 Å². The Morgan fingerprint density at radius 3 is 1.79 bits per heavy atom. The Bertz CT molecular complexity index is 685. The van der Waals surface area contributed by atoms with Crippen molar-refractivity contribution in [1.82, 2.24) is 0 Å². The van der Waals surface area contributed by atoms with E-state index < -0.39 is 46.0 Å². The average Bonchev–Trinajstić information content (AvgIpc) is 2.28. The lowest BCUT2D eigenvalue weighted by Gasteiger charge is -2.08. The Kier molecular flexibility index (Phi) is 4.47. The van der Waals surface area contributed by atoms with Crippen molar-refractivity contribution in [1.29, 1.82) is 0 Å². The molecular weight excluding hydrogens is 336 g/mol. The molecule has 0 aliphatic rings. The molecule has 19 heavy (non-hydrogen) atoms. The van der Waals surface area contributed by atoms with E-state index in [1.807, 2.05) is 0 Å². The van der Waals surface area contributed by atoms with Crippen LogP contribution in [0.3, 0.4) is 0 Å². The number of alkyl halides is 4. The summed E-state index contributed by atoms with van der Waals surface area (Å²) in [4.78, 5) is -2.32. The van der Waals surface area contributed by atoms with Gasteiger partial charge in [0.25, 0.3) is 0 Å². The normalized spacial score (nSPS) is 13.2. The molecule has 0 bridgehead atoms. The SMILES string of the molecule is O=S(=O)(c1ccc(Cl)c(S(=O)(=O)C(F)F)c1)C(F)F. The van der Waals surface area contributed by atoms with Gasteiger partial charge in [-0.2, -0.15) is 17.6 Å². The summed E-state index contributed by atoms with van der Waals surface area (Å²) in [6, 6.07) is 1.44. The highest BCUT2D eigenvalue weighted by atomic mass is 35.5. The van der Waals surface area contributed by atoms with Gasteiger partial charge < -0.3 is 0 Å². The molecule has 1 aromatic carbocycles. The lowest BCUT2D eigenvalue weighted by molar-refractivity contribution is 0.234. The molecule has 0 amide bonds. The van der Waals surface area contributed by atoms with Crippen LogP contribution >= 0.6 is 11.6 Å². The van der Waals surface area contributed by atoms with Gasteiger partial charge in [0.1, 0.15) is 0 Å². The number of hydrogen-bond donors (Lipinski definition) is 0. The number of hydrogen-bond acceptors (Lipinski definition) is 4. The summed E-state index contributed by atoms with van der Waals surface area (Å²) < 4.78 is 93.8. The zero-order valence-corrected chi connectivity index (χ0v) is 11.1. The van der Waals surface area contributed by atoms with Crippen LogP contribution in [0, 0.1) is 0 Å². The van der Waals surface area contributed by atoms with E-state index in [0.717, 1.165) is 0 Å². The second-order valence-electron chi connectivity index (χ2n) is 3.20. The first-order valence-corrected chi connectivity index (χ1v) is 7.82. The van der Waals surface area contributed by atoms with Crippen LogP contribution in [0.5, 0.6) is 0 Å². The Balaban J connectivity index is 3.56. The van der Waals surface area contributed by atoms with E-state index in [-0.39, 0.29) is 6.07 Å². The van der Waals surface area contributed by atoms with Gasteiger partial charge in [-0.15, -0.1) is 0 Å². The van der Waals surface area contributed by atoms with Crippen LogP contribution in [-0.2, 0) is 19.7 Å². The monoisotopic (exact) mass is 340 g/mol. The van der Waals surface area contributed by atoms with Crippen LogP contribution in [0.2, 0.25) is 5.02 Å². The third-order valence-electron chi connectivity index (χ3n) is 2.01. The molecule has 1 rings (SSSR count). The Hall–Kier alpha value is -0.870. The van der Waals surface area contributed by atoms with Crippen molar-refractivity contribution < 1.29 is 34.4 Å². The van der Waals surface area contributed by atoms with Crippen LogP contribution in [-0.4, -0.2) is 28.4 Å². The van der Waals surface area contributed by atoms with Gasteiger partial charge in [-0.25, -0.2) is 16.8 Å². The van der Waals surface area contributed by atoms with Gasteiger partial charge in [-0.1, -0.05) is 11.6 Å². The third kappa shape index (κ3) is 3.00. The maximum atomic E-state index is 12.3. The summed E-state index contributed by atoms with van der Waals surface area (Å²) >= 11 is 5.36. The first kappa shape index (κ1) is 16.2. The van der Waals surface area contributed by atoms with Gasteiger partial charge in [0.05, 0.1) is 14.8 Å². The Morgan fingerprint density at radius 2 is 1.37 bits per heavy atom. The minimum atomic E-state index is -5.19. The van der Waals surface area contributed by atoms with Crippen LogP contribution in [0.25, 0.3) is 0 Å². The lowest BCUT2D eigenvalue weighted by Crippen LogP contribution is -2.15. The Morgan fingerprint density at radius 1 is 0.895 bits per heavy atom.